The average molecular weight is 265 g/mol. The van der Waals surface area contributed by atoms with Crippen LogP contribution in [-0.4, -0.2) is 28.4 Å². The highest BCUT2D eigenvalue weighted by atomic mass is 16.2. The second kappa shape index (κ2) is 4.21. The first-order chi connectivity index (χ1) is 9.03. The normalized spacial score (nSPS) is 32.4. The molecular formula is C13H19N3O3. The Bertz CT molecular complexity index is 442. The molecule has 6 heteroatoms. The molecule has 6 nitrogen and oxygen atoms in total. The highest BCUT2D eigenvalue weighted by Gasteiger charge is 2.53. The van der Waals surface area contributed by atoms with Crippen molar-refractivity contribution in [3.8, 4) is 0 Å². The van der Waals surface area contributed by atoms with E-state index in [1.807, 2.05) is 6.92 Å². The van der Waals surface area contributed by atoms with Gasteiger partial charge in [0.1, 0.15) is 5.54 Å². The lowest BCUT2D eigenvalue weighted by molar-refractivity contribution is -0.140. The Balaban J connectivity index is 1.70. The molecule has 2 saturated carbocycles. The summed E-state index contributed by atoms with van der Waals surface area (Å²) < 4.78 is 0. The molecule has 19 heavy (non-hydrogen) atoms. The van der Waals surface area contributed by atoms with E-state index in [2.05, 4.69) is 10.7 Å². The molecule has 2 aliphatic carbocycles. The third-order valence-electron chi connectivity index (χ3n) is 4.54. The molecule has 0 aromatic heterocycles. The smallest absolute Gasteiger partial charge is 0.322 e. The van der Waals surface area contributed by atoms with Gasteiger partial charge in [-0.1, -0.05) is 26.2 Å². The second-order valence-electron chi connectivity index (χ2n) is 6.01. The van der Waals surface area contributed by atoms with Crippen LogP contribution in [0.4, 0.5) is 4.79 Å². The first kappa shape index (κ1) is 12.4. The Morgan fingerprint density at radius 1 is 1.32 bits per heavy atom. The molecule has 104 valence electrons. The third kappa shape index (κ3) is 1.99. The number of hydrogen-bond acceptors (Lipinski definition) is 3. The highest BCUT2D eigenvalue weighted by Crippen LogP contribution is 2.38. The van der Waals surface area contributed by atoms with Crippen molar-refractivity contribution < 1.29 is 14.4 Å². The van der Waals surface area contributed by atoms with Crippen molar-refractivity contribution in [1.29, 1.82) is 0 Å². The van der Waals surface area contributed by atoms with Crippen molar-refractivity contribution in [2.24, 2.45) is 11.8 Å². The summed E-state index contributed by atoms with van der Waals surface area (Å²) in [6, 6.07) is -0.492. The van der Waals surface area contributed by atoms with Crippen molar-refractivity contribution >= 4 is 17.8 Å². The summed E-state index contributed by atoms with van der Waals surface area (Å²) >= 11 is 0. The molecule has 2 unspecified atom stereocenters. The zero-order valence-electron chi connectivity index (χ0n) is 11.1. The summed E-state index contributed by atoms with van der Waals surface area (Å²) in [5.74, 6) is -0.212. The van der Waals surface area contributed by atoms with E-state index in [0.717, 1.165) is 30.7 Å². The van der Waals surface area contributed by atoms with Crippen LogP contribution in [0, 0.1) is 11.8 Å². The predicted octanol–water partition coefficient (Wildman–Crippen LogP) is 0.928. The van der Waals surface area contributed by atoms with Crippen molar-refractivity contribution in [2.45, 2.75) is 51.0 Å². The molecule has 1 spiro atoms. The van der Waals surface area contributed by atoms with Crippen LogP contribution in [0.1, 0.15) is 45.4 Å². The summed E-state index contributed by atoms with van der Waals surface area (Å²) in [7, 11) is 0. The van der Waals surface area contributed by atoms with Crippen LogP contribution in [-0.2, 0) is 9.59 Å². The number of carbonyl (C=O) groups excluding carboxylic acids is 3. The van der Waals surface area contributed by atoms with Crippen LogP contribution in [0.3, 0.4) is 0 Å². The minimum absolute atomic E-state index is 0.0523. The number of imide groups is 1. The summed E-state index contributed by atoms with van der Waals surface area (Å²) in [6.07, 6.45) is 5.14. The second-order valence-corrected chi connectivity index (χ2v) is 6.01. The third-order valence-corrected chi connectivity index (χ3v) is 4.54. The molecule has 0 bridgehead atoms. The number of nitrogens with one attached hydrogen (secondary N) is 2. The van der Waals surface area contributed by atoms with Crippen LogP contribution in [0.5, 0.6) is 0 Å². The van der Waals surface area contributed by atoms with E-state index in [-0.39, 0.29) is 17.7 Å². The average Bonchev–Trinajstić information content (AvgIpc) is 3.08. The first-order valence-electron chi connectivity index (χ1n) is 7.01. The van der Waals surface area contributed by atoms with E-state index in [1.54, 1.807) is 0 Å². The standard InChI is InChI=1S/C13H19N3O3/c1-8-7-9(8)10(17)15-16-11(18)13(14-12(16)19)5-3-2-4-6-13/h8-9H,2-7H2,1H3,(H,14,19)(H,15,17). The van der Waals surface area contributed by atoms with E-state index in [0.29, 0.717) is 18.8 Å². The molecule has 4 amide bonds. The lowest BCUT2D eigenvalue weighted by Crippen LogP contribution is -2.51. The van der Waals surface area contributed by atoms with Gasteiger partial charge >= 0.3 is 6.03 Å². The molecule has 0 radical (unpaired) electrons. The van der Waals surface area contributed by atoms with Crippen LogP contribution in [0.2, 0.25) is 0 Å². The van der Waals surface area contributed by atoms with E-state index in [4.69, 9.17) is 0 Å². The maximum Gasteiger partial charge on any atom is 0.344 e. The highest BCUT2D eigenvalue weighted by molar-refractivity contribution is 6.08. The number of amides is 4. The molecule has 2 N–H and O–H groups in total. The van der Waals surface area contributed by atoms with E-state index in [1.165, 1.54) is 0 Å². The molecule has 3 fully saturated rings. The Labute approximate surface area is 111 Å². The van der Waals surface area contributed by atoms with Gasteiger partial charge < -0.3 is 5.32 Å². The number of nitrogens with zero attached hydrogens (tertiary/aromatic N) is 1. The Morgan fingerprint density at radius 3 is 2.53 bits per heavy atom. The van der Waals surface area contributed by atoms with Gasteiger partial charge in [0.2, 0.25) is 5.91 Å². The van der Waals surface area contributed by atoms with Gasteiger partial charge in [0, 0.05) is 5.92 Å². The quantitative estimate of drug-likeness (QED) is 0.729. The van der Waals surface area contributed by atoms with Gasteiger partial charge in [0.05, 0.1) is 0 Å². The SMILES string of the molecule is CC1CC1C(=O)NN1C(=O)NC2(CCCCC2)C1=O. The number of hydrogen-bond donors (Lipinski definition) is 2. The van der Waals surface area contributed by atoms with Gasteiger partial charge in [-0.15, -0.1) is 0 Å². The number of carbonyl (C=O) groups is 3. The van der Waals surface area contributed by atoms with Crippen molar-refractivity contribution in [2.75, 3.05) is 0 Å². The minimum Gasteiger partial charge on any atom is -0.322 e. The Hall–Kier alpha value is -1.59. The molecule has 2 atom stereocenters. The topological polar surface area (TPSA) is 78.5 Å². The van der Waals surface area contributed by atoms with Gasteiger partial charge in [0.15, 0.2) is 0 Å². The maximum atomic E-state index is 12.4. The summed E-state index contributed by atoms with van der Waals surface area (Å²) in [5.41, 5.74) is 1.71. The fourth-order valence-corrected chi connectivity index (χ4v) is 3.10. The van der Waals surface area contributed by atoms with E-state index >= 15 is 0 Å². The van der Waals surface area contributed by atoms with Crippen LogP contribution in [0.25, 0.3) is 0 Å². The Kier molecular flexibility index (Phi) is 2.76. The fourth-order valence-electron chi connectivity index (χ4n) is 3.10. The zero-order valence-corrected chi connectivity index (χ0v) is 11.1. The summed E-state index contributed by atoms with van der Waals surface area (Å²) in [6.45, 7) is 1.98. The van der Waals surface area contributed by atoms with Gasteiger partial charge in [-0.25, -0.2) is 4.79 Å². The van der Waals surface area contributed by atoms with Crippen molar-refractivity contribution in [3.63, 3.8) is 0 Å². The first-order valence-corrected chi connectivity index (χ1v) is 7.01. The molecule has 0 aromatic rings. The largest absolute Gasteiger partial charge is 0.344 e. The minimum atomic E-state index is -0.766. The van der Waals surface area contributed by atoms with Crippen LogP contribution >= 0.6 is 0 Å². The molecule has 3 rings (SSSR count). The van der Waals surface area contributed by atoms with Crippen LogP contribution < -0.4 is 10.7 Å². The number of urea groups is 1. The fraction of sp³-hybridized carbons (Fsp3) is 0.769. The summed E-state index contributed by atoms with van der Waals surface area (Å²) in [5, 5.41) is 3.66. The predicted molar refractivity (Wildman–Crippen MR) is 66.6 cm³/mol. The number of rotatable bonds is 2. The lowest BCUT2D eigenvalue weighted by Gasteiger charge is -2.30. The lowest BCUT2D eigenvalue weighted by atomic mass is 9.82. The van der Waals surface area contributed by atoms with Crippen molar-refractivity contribution in [3.05, 3.63) is 0 Å². The molecule has 1 aliphatic heterocycles. The molecule has 3 aliphatic rings. The molecule has 1 heterocycles. The van der Waals surface area contributed by atoms with Gasteiger partial charge in [-0.3, -0.25) is 15.0 Å². The van der Waals surface area contributed by atoms with E-state index in [9.17, 15) is 14.4 Å². The summed E-state index contributed by atoms with van der Waals surface area (Å²) in [4.78, 5) is 36.1. The van der Waals surface area contributed by atoms with Crippen LogP contribution in [0.15, 0.2) is 0 Å². The molecule has 1 saturated heterocycles. The monoisotopic (exact) mass is 265 g/mol. The zero-order chi connectivity index (χ0) is 13.6. The maximum absolute atomic E-state index is 12.4. The Morgan fingerprint density at radius 2 is 1.95 bits per heavy atom. The molecular weight excluding hydrogens is 246 g/mol. The van der Waals surface area contributed by atoms with Gasteiger partial charge in [0.25, 0.3) is 5.91 Å². The van der Waals surface area contributed by atoms with Crippen molar-refractivity contribution in [1.82, 2.24) is 15.8 Å². The van der Waals surface area contributed by atoms with Gasteiger partial charge in [-0.2, -0.15) is 5.01 Å². The number of hydrazine groups is 1. The van der Waals surface area contributed by atoms with Gasteiger partial charge in [-0.05, 0) is 25.2 Å². The van der Waals surface area contributed by atoms with E-state index < -0.39 is 11.6 Å². The molecule has 0 aromatic carbocycles.